The van der Waals surface area contributed by atoms with Crippen molar-refractivity contribution in [2.75, 3.05) is 13.1 Å². The number of aromatic amines is 1. The van der Waals surface area contributed by atoms with Crippen molar-refractivity contribution < 1.29 is 9.18 Å². The van der Waals surface area contributed by atoms with Gasteiger partial charge in [0.2, 0.25) is 0 Å². The zero-order chi connectivity index (χ0) is 17.9. The van der Waals surface area contributed by atoms with E-state index in [1.165, 1.54) is 6.07 Å². The quantitative estimate of drug-likeness (QED) is 0.785. The number of halogens is 1. The molecule has 0 bridgehead atoms. The van der Waals surface area contributed by atoms with Crippen LogP contribution in [0.1, 0.15) is 34.8 Å². The van der Waals surface area contributed by atoms with Gasteiger partial charge in [-0.1, -0.05) is 18.2 Å². The Morgan fingerprint density at radius 3 is 2.77 bits per heavy atom. The fourth-order valence-electron chi connectivity index (χ4n) is 3.58. The number of piperidine rings is 1. The van der Waals surface area contributed by atoms with Crippen molar-refractivity contribution in [1.82, 2.24) is 20.1 Å². The minimum Gasteiger partial charge on any atom is -0.338 e. The average molecular weight is 350 g/mol. The van der Waals surface area contributed by atoms with Gasteiger partial charge in [-0.15, -0.1) is 0 Å². The number of aromatic nitrogens is 3. The second kappa shape index (κ2) is 7.07. The number of rotatable bonds is 3. The maximum atomic E-state index is 14.2. The first-order valence-corrected chi connectivity index (χ1v) is 8.71. The highest BCUT2D eigenvalue weighted by atomic mass is 19.1. The van der Waals surface area contributed by atoms with Gasteiger partial charge in [0.25, 0.3) is 5.91 Å². The van der Waals surface area contributed by atoms with Crippen LogP contribution in [0.15, 0.2) is 55.0 Å². The van der Waals surface area contributed by atoms with Gasteiger partial charge >= 0.3 is 0 Å². The monoisotopic (exact) mass is 350 g/mol. The number of pyridine rings is 1. The molecule has 4 rings (SSSR count). The van der Waals surface area contributed by atoms with E-state index in [0.29, 0.717) is 17.7 Å². The van der Waals surface area contributed by atoms with E-state index in [1.807, 2.05) is 11.0 Å². The Balaban J connectivity index is 1.59. The van der Waals surface area contributed by atoms with Crippen LogP contribution in [0.25, 0.3) is 11.1 Å². The predicted octanol–water partition coefficient (Wildman–Crippen LogP) is 3.63. The van der Waals surface area contributed by atoms with Gasteiger partial charge in [0, 0.05) is 53.8 Å². The zero-order valence-electron chi connectivity index (χ0n) is 14.2. The molecule has 6 heteroatoms. The third kappa shape index (κ3) is 3.10. The van der Waals surface area contributed by atoms with Crippen LogP contribution in [0.5, 0.6) is 0 Å². The molecular formula is C20H19FN4O. The summed E-state index contributed by atoms with van der Waals surface area (Å²) in [6.07, 6.45) is 6.75. The first-order chi connectivity index (χ1) is 12.7. The Kier molecular flexibility index (Phi) is 4.48. The molecule has 1 aliphatic heterocycles. The van der Waals surface area contributed by atoms with Crippen LogP contribution in [0, 0.1) is 5.82 Å². The number of nitrogens with one attached hydrogen (secondary N) is 1. The molecular weight excluding hydrogens is 331 g/mol. The van der Waals surface area contributed by atoms with Gasteiger partial charge in [-0.3, -0.25) is 14.9 Å². The van der Waals surface area contributed by atoms with Crippen LogP contribution in [0.2, 0.25) is 0 Å². The summed E-state index contributed by atoms with van der Waals surface area (Å²) in [6.45, 7) is 1.31. The second-order valence-electron chi connectivity index (χ2n) is 6.50. The number of hydrogen-bond acceptors (Lipinski definition) is 3. The molecule has 26 heavy (non-hydrogen) atoms. The van der Waals surface area contributed by atoms with E-state index in [4.69, 9.17) is 0 Å². The van der Waals surface area contributed by atoms with Gasteiger partial charge in [0.15, 0.2) is 0 Å². The molecule has 3 aromatic rings. The van der Waals surface area contributed by atoms with Crippen molar-refractivity contribution in [3.8, 4) is 11.1 Å². The third-order valence-electron chi connectivity index (χ3n) is 4.88. The molecule has 0 spiro atoms. The molecule has 0 radical (unpaired) electrons. The Morgan fingerprint density at radius 2 is 1.96 bits per heavy atom. The lowest BCUT2D eigenvalue weighted by Crippen LogP contribution is -2.39. The molecule has 1 aromatic carbocycles. The van der Waals surface area contributed by atoms with Crippen LogP contribution in [-0.4, -0.2) is 39.1 Å². The maximum absolute atomic E-state index is 14.2. The number of carbonyl (C=O) groups is 1. The lowest BCUT2D eigenvalue weighted by Gasteiger charge is -2.32. The zero-order valence-corrected chi connectivity index (χ0v) is 14.2. The first kappa shape index (κ1) is 16.4. The number of likely N-dealkylation sites (tertiary alicyclic amines) is 1. The number of amides is 1. The van der Waals surface area contributed by atoms with Crippen LogP contribution in [0.3, 0.4) is 0 Å². The number of H-pyrrole nitrogens is 1. The highest BCUT2D eigenvalue weighted by Crippen LogP contribution is 2.34. The summed E-state index contributed by atoms with van der Waals surface area (Å²) >= 11 is 0. The summed E-state index contributed by atoms with van der Waals surface area (Å²) in [7, 11) is 0. The summed E-state index contributed by atoms with van der Waals surface area (Å²) in [6, 6.07) is 10.2. The molecule has 1 saturated heterocycles. The molecule has 1 aliphatic rings. The van der Waals surface area contributed by atoms with Gasteiger partial charge in [-0.2, -0.15) is 5.10 Å². The smallest absolute Gasteiger partial charge is 0.253 e. The van der Waals surface area contributed by atoms with Crippen molar-refractivity contribution in [3.63, 3.8) is 0 Å². The highest BCUT2D eigenvalue weighted by Gasteiger charge is 2.28. The minimum absolute atomic E-state index is 0.00376. The number of hydrogen-bond donors (Lipinski definition) is 1. The normalized spacial score (nSPS) is 17.3. The molecule has 1 unspecified atom stereocenters. The van der Waals surface area contributed by atoms with Gasteiger partial charge in [0.05, 0.1) is 6.20 Å². The molecule has 5 nitrogen and oxygen atoms in total. The maximum Gasteiger partial charge on any atom is 0.253 e. The largest absolute Gasteiger partial charge is 0.338 e. The third-order valence-corrected chi connectivity index (χ3v) is 4.88. The summed E-state index contributed by atoms with van der Waals surface area (Å²) < 4.78 is 14.2. The molecule has 0 saturated carbocycles. The van der Waals surface area contributed by atoms with Crippen molar-refractivity contribution in [2.45, 2.75) is 18.8 Å². The van der Waals surface area contributed by atoms with Crippen LogP contribution in [0.4, 0.5) is 4.39 Å². The SMILES string of the molecule is O=C(c1ccncc1)N1CCCC(c2[nH]ncc2-c2ccccc2F)C1. The van der Waals surface area contributed by atoms with Crippen molar-refractivity contribution in [1.29, 1.82) is 0 Å². The minimum atomic E-state index is -0.268. The van der Waals surface area contributed by atoms with Crippen molar-refractivity contribution in [3.05, 3.63) is 72.1 Å². The lowest BCUT2D eigenvalue weighted by molar-refractivity contribution is 0.0706. The lowest BCUT2D eigenvalue weighted by atomic mass is 9.90. The van der Waals surface area contributed by atoms with E-state index in [9.17, 15) is 9.18 Å². The number of carbonyl (C=O) groups excluding carboxylic acids is 1. The highest BCUT2D eigenvalue weighted by molar-refractivity contribution is 5.94. The molecule has 2 aromatic heterocycles. The van der Waals surface area contributed by atoms with E-state index in [-0.39, 0.29) is 17.6 Å². The molecule has 3 heterocycles. The van der Waals surface area contributed by atoms with Crippen molar-refractivity contribution >= 4 is 5.91 Å². The Bertz CT molecular complexity index is 909. The fraction of sp³-hybridized carbons (Fsp3) is 0.250. The predicted molar refractivity (Wildman–Crippen MR) is 96.1 cm³/mol. The van der Waals surface area contributed by atoms with Gasteiger partial charge in [-0.05, 0) is 31.0 Å². The van der Waals surface area contributed by atoms with Crippen molar-refractivity contribution in [2.24, 2.45) is 0 Å². The van der Waals surface area contributed by atoms with Gasteiger partial charge in [0.1, 0.15) is 5.82 Å². The van der Waals surface area contributed by atoms with E-state index >= 15 is 0 Å². The molecule has 1 atom stereocenters. The molecule has 1 amide bonds. The Hall–Kier alpha value is -3.02. The topological polar surface area (TPSA) is 61.9 Å². The second-order valence-corrected chi connectivity index (χ2v) is 6.50. The summed E-state index contributed by atoms with van der Waals surface area (Å²) in [4.78, 5) is 18.6. The summed E-state index contributed by atoms with van der Waals surface area (Å²) in [5, 5.41) is 7.18. The van der Waals surface area contributed by atoms with Crippen LogP contribution in [-0.2, 0) is 0 Å². The Morgan fingerprint density at radius 1 is 1.15 bits per heavy atom. The average Bonchev–Trinajstić information content (AvgIpc) is 3.18. The summed E-state index contributed by atoms with van der Waals surface area (Å²) in [5.41, 5.74) is 2.84. The van der Waals surface area contributed by atoms with Crippen LogP contribution >= 0.6 is 0 Å². The standard InChI is InChI=1S/C20H19FN4O/c21-18-6-2-1-5-16(18)17-12-23-24-19(17)15-4-3-11-25(13-15)20(26)14-7-9-22-10-8-14/h1-2,5-10,12,15H,3-4,11,13H2,(H,23,24). The van der Waals surface area contributed by atoms with Gasteiger partial charge < -0.3 is 4.90 Å². The number of benzene rings is 1. The molecule has 1 N–H and O–H groups in total. The Labute approximate surface area is 150 Å². The van der Waals surface area contributed by atoms with Gasteiger partial charge in [-0.25, -0.2) is 4.39 Å². The molecule has 1 fully saturated rings. The van der Waals surface area contributed by atoms with E-state index in [0.717, 1.165) is 30.6 Å². The van der Waals surface area contributed by atoms with E-state index in [1.54, 1.807) is 42.9 Å². The fourth-order valence-corrected chi connectivity index (χ4v) is 3.58. The van der Waals surface area contributed by atoms with E-state index in [2.05, 4.69) is 15.2 Å². The van der Waals surface area contributed by atoms with E-state index < -0.39 is 0 Å². The first-order valence-electron chi connectivity index (χ1n) is 8.71. The molecule has 0 aliphatic carbocycles. The van der Waals surface area contributed by atoms with Crippen LogP contribution < -0.4 is 0 Å². The molecule has 132 valence electrons. The summed E-state index contributed by atoms with van der Waals surface area (Å²) in [5.74, 6) is -0.161. The number of nitrogens with zero attached hydrogens (tertiary/aromatic N) is 3.